The van der Waals surface area contributed by atoms with Crippen LogP contribution in [0.15, 0.2) is 30.6 Å². The maximum absolute atomic E-state index is 12.7. The molecule has 21 heavy (non-hydrogen) atoms. The molecular weight excluding hydrogens is 290 g/mol. The smallest absolute Gasteiger partial charge is 0.278 e. The van der Waals surface area contributed by atoms with Crippen molar-refractivity contribution in [1.29, 1.82) is 0 Å². The second-order valence-electron chi connectivity index (χ2n) is 4.75. The first kappa shape index (κ1) is 13.8. The van der Waals surface area contributed by atoms with E-state index in [0.717, 1.165) is 24.1 Å². The second kappa shape index (κ2) is 5.69. The van der Waals surface area contributed by atoms with Crippen LogP contribution in [-0.4, -0.2) is 29.5 Å². The molecule has 3 rings (SSSR count). The molecule has 1 amide bonds. The summed E-state index contributed by atoms with van der Waals surface area (Å²) in [4.78, 5) is 22.3. The fourth-order valence-corrected chi connectivity index (χ4v) is 2.64. The number of hydrogen-bond donors (Lipinski definition) is 0. The monoisotopic (exact) mass is 303 g/mol. The van der Waals surface area contributed by atoms with Gasteiger partial charge in [-0.05, 0) is 24.5 Å². The summed E-state index contributed by atoms with van der Waals surface area (Å²) >= 11 is 5.71. The molecule has 0 saturated heterocycles. The van der Waals surface area contributed by atoms with Gasteiger partial charge in [-0.3, -0.25) is 4.79 Å². The Labute approximate surface area is 127 Å². The van der Waals surface area contributed by atoms with Crippen LogP contribution in [0.2, 0.25) is 5.15 Å². The highest BCUT2D eigenvalue weighted by Crippen LogP contribution is 2.36. The lowest BCUT2D eigenvalue weighted by Crippen LogP contribution is -2.36. The molecule has 1 aromatic carbocycles. The van der Waals surface area contributed by atoms with Crippen LogP contribution in [0.1, 0.15) is 22.5 Å². The summed E-state index contributed by atoms with van der Waals surface area (Å²) < 4.78 is 5.40. The van der Waals surface area contributed by atoms with E-state index in [0.29, 0.717) is 12.3 Å². The van der Waals surface area contributed by atoms with Gasteiger partial charge in [0.25, 0.3) is 5.91 Å². The number of anilines is 1. The first-order valence-corrected chi connectivity index (χ1v) is 7.04. The molecule has 0 aliphatic carbocycles. The van der Waals surface area contributed by atoms with E-state index in [1.54, 1.807) is 12.0 Å². The maximum atomic E-state index is 12.7. The van der Waals surface area contributed by atoms with Crippen molar-refractivity contribution >= 4 is 23.2 Å². The number of halogens is 1. The van der Waals surface area contributed by atoms with Crippen LogP contribution in [0.5, 0.6) is 5.75 Å². The molecule has 0 N–H and O–H groups in total. The van der Waals surface area contributed by atoms with E-state index in [9.17, 15) is 4.79 Å². The number of aryl methyl sites for hydroxylation is 1. The highest BCUT2D eigenvalue weighted by atomic mass is 35.5. The number of nitrogens with zero attached hydrogens (tertiary/aromatic N) is 3. The third kappa shape index (κ3) is 2.56. The lowest BCUT2D eigenvalue weighted by atomic mass is 10.0. The van der Waals surface area contributed by atoms with E-state index in [2.05, 4.69) is 9.97 Å². The fourth-order valence-electron chi connectivity index (χ4n) is 2.54. The molecule has 0 unspecified atom stereocenters. The molecule has 1 aliphatic rings. The van der Waals surface area contributed by atoms with Crippen molar-refractivity contribution in [2.24, 2.45) is 0 Å². The van der Waals surface area contributed by atoms with Crippen LogP contribution in [0.4, 0.5) is 5.69 Å². The lowest BCUT2D eigenvalue weighted by Gasteiger charge is -2.30. The predicted octanol–water partition coefficient (Wildman–Crippen LogP) is 2.73. The van der Waals surface area contributed by atoms with Gasteiger partial charge in [-0.2, -0.15) is 0 Å². The van der Waals surface area contributed by atoms with Crippen LogP contribution in [-0.2, 0) is 6.42 Å². The van der Waals surface area contributed by atoms with E-state index in [-0.39, 0.29) is 16.8 Å². The van der Waals surface area contributed by atoms with Gasteiger partial charge in [0.1, 0.15) is 16.6 Å². The number of aromatic nitrogens is 2. The van der Waals surface area contributed by atoms with Gasteiger partial charge in [0.15, 0.2) is 0 Å². The minimum absolute atomic E-state index is 0.190. The minimum Gasteiger partial charge on any atom is -0.495 e. The van der Waals surface area contributed by atoms with Crippen molar-refractivity contribution in [3.05, 3.63) is 47.0 Å². The Balaban J connectivity index is 2.01. The summed E-state index contributed by atoms with van der Waals surface area (Å²) in [5.41, 5.74) is 2.21. The van der Waals surface area contributed by atoms with E-state index in [4.69, 9.17) is 16.3 Å². The fraction of sp³-hybridized carbons (Fsp3) is 0.267. The molecule has 0 atom stereocenters. The average molecular weight is 304 g/mol. The predicted molar refractivity (Wildman–Crippen MR) is 80.0 cm³/mol. The van der Waals surface area contributed by atoms with Crippen molar-refractivity contribution in [3.8, 4) is 5.75 Å². The summed E-state index contributed by atoms with van der Waals surface area (Å²) in [6.07, 6.45) is 4.62. The van der Waals surface area contributed by atoms with Crippen LogP contribution in [0.25, 0.3) is 0 Å². The lowest BCUT2D eigenvalue weighted by molar-refractivity contribution is 0.0979. The molecule has 5 nitrogen and oxygen atoms in total. The largest absolute Gasteiger partial charge is 0.495 e. The topological polar surface area (TPSA) is 55.3 Å². The Bertz CT molecular complexity index is 659. The average Bonchev–Trinajstić information content (AvgIpc) is 2.53. The summed E-state index contributed by atoms with van der Waals surface area (Å²) in [6.45, 7) is 0.635. The van der Waals surface area contributed by atoms with Gasteiger partial charge in [-0.25, -0.2) is 9.97 Å². The quantitative estimate of drug-likeness (QED) is 0.856. The molecule has 0 saturated carbocycles. The Hall–Kier alpha value is -2.14. The van der Waals surface area contributed by atoms with E-state index in [1.807, 2.05) is 18.2 Å². The molecule has 1 aromatic heterocycles. The van der Waals surface area contributed by atoms with Crippen LogP contribution >= 0.6 is 11.6 Å². The Morgan fingerprint density at radius 3 is 2.90 bits per heavy atom. The van der Waals surface area contributed by atoms with E-state index >= 15 is 0 Å². The van der Waals surface area contributed by atoms with Crippen molar-refractivity contribution in [1.82, 2.24) is 9.97 Å². The summed E-state index contributed by atoms with van der Waals surface area (Å²) in [6, 6.07) is 5.82. The molecular formula is C15H14ClN3O2. The normalized spacial score (nSPS) is 13.7. The molecule has 6 heteroatoms. The number of ether oxygens (including phenoxy) is 1. The Kier molecular flexibility index (Phi) is 3.75. The summed E-state index contributed by atoms with van der Waals surface area (Å²) in [5, 5.41) is 0.267. The van der Waals surface area contributed by atoms with E-state index in [1.165, 1.54) is 12.4 Å². The van der Waals surface area contributed by atoms with Crippen LogP contribution in [0.3, 0.4) is 0 Å². The molecule has 2 aromatic rings. The number of carbonyl (C=O) groups excluding carboxylic acids is 1. The molecule has 108 valence electrons. The number of benzene rings is 1. The molecule has 2 heterocycles. The molecule has 1 aliphatic heterocycles. The van der Waals surface area contributed by atoms with Crippen molar-refractivity contribution in [2.75, 3.05) is 18.6 Å². The number of amides is 1. The zero-order valence-electron chi connectivity index (χ0n) is 11.5. The SMILES string of the molecule is COc1cccc2c1N(C(=O)c1cnc(Cl)cn1)CCC2. The van der Waals surface area contributed by atoms with Gasteiger partial charge in [0.2, 0.25) is 0 Å². The van der Waals surface area contributed by atoms with Crippen LogP contribution in [0, 0.1) is 0 Å². The van der Waals surface area contributed by atoms with Crippen molar-refractivity contribution < 1.29 is 9.53 Å². The third-order valence-electron chi connectivity index (χ3n) is 3.48. The Morgan fingerprint density at radius 2 is 2.19 bits per heavy atom. The molecule has 0 radical (unpaired) electrons. The van der Waals surface area contributed by atoms with Gasteiger partial charge in [0, 0.05) is 6.54 Å². The first-order chi connectivity index (χ1) is 10.2. The zero-order chi connectivity index (χ0) is 14.8. The highest BCUT2D eigenvalue weighted by molar-refractivity contribution is 6.29. The van der Waals surface area contributed by atoms with Crippen molar-refractivity contribution in [2.45, 2.75) is 12.8 Å². The van der Waals surface area contributed by atoms with Gasteiger partial charge in [-0.15, -0.1) is 0 Å². The Morgan fingerprint density at radius 1 is 1.33 bits per heavy atom. The van der Waals surface area contributed by atoms with Gasteiger partial charge in [-0.1, -0.05) is 23.7 Å². The number of carbonyl (C=O) groups is 1. The number of para-hydroxylation sites is 1. The standard InChI is InChI=1S/C15H14ClN3O2/c1-21-12-6-2-4-10-5-3-7-19(14(10)12)15(20)11-8-18-13(16)9-17-11/h2,4,6,8-9H,3,5,7H2,1H3. The van der Waals surface area contributed by atoms with Crippen LogP contribution < -0.4 is 9.64 Å². The van der Waals surface area contributed by atoms with Gasteiger partial charge >= 0.3 is 0 Å². The number of fused-ring (bicyclic) bond motifs is 1. The zero-order valence-corrected chi connectivity index (χ0v) is 12.3. The highest BCUT2D eigenvalue weighted by Gasteiger charge is 2.27. The summed E-state index contributed by atoms with van der Waals surface area (Å²) in [7, 11) is 1.61. The number of methoxy groups -OCH3 is 1. The number of rotatable bonds is 2. The second-order valence-corrected chi connectivity index (χ2v) is 5.14. The number of hydrogen-bond acceptors (Lipinski definition) is 4. The first-order valence-electron chi connectivity index (χ1n) is 6.66. The molecule has 0 bridgehead atoms. The van der Waals surface area contributed by atoms with Gasteiger partial charge < -0.3 is 9.64 Å². The van der Waals surface area contributed by atoms with Crippen molar-refractivity contribution in [3.63, 3.8) is 0 Å². The van der Waals surface area contributed by atoms with Gasteiger partial charge in [0.05, 0.1) is 25.2 Å². The van der Waals surface area contributed by atoms with E-state index < -0.39 is 0 Å². The third-order valence-corrected chi connectivity index (χ3v) is 3.68. The maximum Gasteiger partial charge on any atom is 0.278 e. The molecule has 0 spiro atoms. The minimum atomic E-state index is -0.190. The molecule has 0 fully saturated rings. The summed E-state index contributed by atoms with van der Waals surface area (Å²) in [5.74, 6) is 0.507.